The maximum atomic E-state index is 12.8. The Bertz CT molecular complexity index is 1120. The monoisotopic (exact) mass is 437 g/mol. The van der Waals surface area contributed by atoms with Gasteiger partial charge in [-0.1, -0.05) is 6.07 Å². The van der Waals surface area contributed by atoms with Gasteiger partial charge < -0.3 is 25.4 Å². The molecule has 0 atom stereocenters. The molecule has 3 N–H and O–H groups in total. The molecule has 11 nitrogen and oxygen atoms in total. The number of primary amides is 1. The fourth-order valence-electron chi connectivity index (χ4n) is 3.30. The number of urea groups is 1. The molecule has 0 aliphatic carbocycles. The number of nitrogens with one attached hydrogen (secondary N) is 1. The summed E-state index contributed by atoms with van der Waals surface area (Å²) in [4.78, 5) is 38.5. The molecule has 3 heterocycles. The molecule has 166 valence electrons. The zero-order valence-corrected chi connectivity index (χ0v) is 17.5. The second-order valence-electron chi connectivity index (χ2n) is 7.26. The number of hydrogen-bond acceptors (Lipinski definition) is 7. The van der Waals surface area contributed by atoms with Gasteiger partial charge in [0.25, 0.3) is 0 Å². The van der Waals surface area contributed by atoms with E-state index in [2.05, 4.69) is 20.3 Å². The first-order valence-corrected chi connectivity index (χ1v) is 10.0. The number of aromatic nitrogens is 4. The van der Waals surface area contributed by atoms with E-state index in [4.69, 9.17) is 15.2 Å². The first kappa shape index (κ1) is 21.1. The Labute approximate surface area is 184 Å². The number of carbonyl (C=O) groups excluding carboxylic acids is 2. The van der Waals surface area contributed by atoms with E-state index in [1.165, 1.54) is 4.90 Å². The molecule has 0 radical (unpaired) electrons. The number of imidazole rings is 1. The van der Waals surface area contributed by atoms with Crippen molar-refractivity contribution in [2.75, 3.05) is 19.9 Å². The number of fused-ring (bicyclic) bond motifs is 1. The van der Waals surface area contributed by atoms with Crippen LogP contribution in [0, 0.1) is 6.92 Å². The molecule has 3 amide bonds. The Morgan fingerprint density at radius 3 is 2.84 bits per heavy atom. The van der Waals surface area contributed by atoms with Crippen molar-refractivity contribution in [3.8, 4) is 17.4 Å². The fraction of sp³-hybridized carbons (Fsp3) is 0.286. The lowest BCUT2D eigenvalue weighted by Crippen LogP contribution is -2.44. The van der Waals surface area contributed by atoms with Crippen molar-refractivity contribution >= 4 is 11.9 Å². The second-order valence-corrected chi connectivity index (χ2v) is 7.26. The first-order chi connectivity index (χ1) is 15.5. The molecule has 3 aromatic rings. The number of aryl methyl sites for hydroxylation is 1. The van der Waals surface area contributed by atoms with Crippen LogP contribution in [0.4, 0.5) is 4.79 Å². The number of amides is 3. The van der Waals surface area contributed by atoms with E-state index in [1.54, 1.807) is 29.4 Å². The average Bonchev–Trinajstić information content (AvgIpc) is 3.44. The summed E-state index contributed by atoms with van der Waals surface area (Å²) < 4.78 is 12.3. The second kappa shape index (κ2) is 9.33. The van der Waals surface area contributed by atoms with Crippen molar-refractivity contribution < 1.29 is 19.1 Å². The molecule has 0 spiro atoms. The highest BCUT2D eigenvalue weighted by molar-refractivity contribution is 5.82. The highest BCUT2D eigenvalue weighted by atomic mass is 16.7. The number of rotatable bonds is 8. The molecule has 0 unspecified atom stereocenters. The van der Waals surface area contributed by atoms with Crippen LogP contribution in [0.2, 0.25) is 0 Å². The van der Waals surface area contributed by atoms with Gasteiger partial charge in [-0.25, -0.2) is 19.7 Å². The molecule has 2 aromatic heterocycles. The van der Waals surface area contributed by atoms with E-state index in [0.29, 0.717) is 36.1 Å². The zero-order chi connectivity index (χ0) is 22.5. The van der Waals surface area contributed by atoms with Gasteiger partial charge in [-0.05, 0) is 37.1 Å². The van der Waals surface area contributed by atoms with E-state index in [-0.39, 0.29) is 19.9 Å². The van der Waals surface area contributed by atoms with Crippen LogP contribution in [0.25, 0.3) is 5.95 Å². The van der Waals surface area contributed by atoms with Crippen molar-refractivity contribution in [2.24, 2.45) is 5.73 Å². The number of ether oxygens (including phenoxy) is 2. The van der Waals surface area contributed by atoms with Crippen molar-refractivity contribution in [3.05, 3.63) is 59.9 Å². The van der Waals surface area contributed by atoms with E-state index < -0.39 is 11.9 Å². The molecule has 1 aromatic carbocycles. The van der Waals surface area contributed by atoms with Crippen LogP contribution in [0.3, 0.4) is 0 Å². The van der Waals surface area contributed by atoms with Gasteiger partial charge in [0.1, 0.15) is 12.9 Å². The lowest BCUT2D eigenvalue weighted by Gasteiger charge is -2.21. The number of carbonyl (C=O) groups is 2. The third-order valence-corrected chi connectivity index (χ3v) is 4.74. The summed E-state index contributed by atoms with van der Waals surface area (Å²) in [5, 5.41) is 2.83. The van der Waals surface area contributed by atoms with Crippen LogP contribution in [0.5, 0.6) is 11.5 Å². The van der Waals surface area contributed by atoms with Crippen molar-refractivity contribution in [1.29, 1.82) is 0 Å². The largest absolute Gasteiger partial charge is 0.454 e. The minimum atomic E-state index is -0.614. The van der Waals surface area contributed by atoms with E-state index in [1.807, 2.05) is 25.1 Å². The van der Waals surface area contributed by atoms with Crippen LogP contribution < -0.4 is 20.5 Å². The van der Waals surface area contributed by atoms with E-state index in [9.17, 15) is 9.59 Å². The quantitative estimate of drug-likeness (QED) is 0.535. The Morgan fingerprint density at radius 2 is 2.06 bits per heavy atom. The van der Waals surface area contributed by atoms with Crippen molar-refractivity contribution in [2.45, 2.75) is 19.9 Å². The van der Waals surface area contributed by atoms with Gasteiger partial charge in [0, 0.05) is 24.6 Å². The Morgan fingerprint density at radius 1 is 1.22 bits per heavy atom. The third-order valence-electron chi connectivity index (χ3n) is 4.74. The third kappa shape index (κ3) is 5.12. The summed E-state index contributed by atoms with van der Waals surface area (Å²) in [6.45, 7) is 2.28. The highest BCUT2D eigenvalue weighted by Crippen LogP contribution is 2.32. The van der Waals surface area contributed by atoms with Crippen LogP contribution >= 0.6 is 0 Å². The first-order valence-electron chi connectivity index (χ1n) is 10.0. The maximum Gasteiger partial charge on any atom is 0.318 e. The number of hydrogen-bond donors (Lipinski definition) is 2. The van der Waals surface area contributed by atoms with Gasteiger partial charge in [0.05, 0.1) is 12.2 Å². The number of nitrogens with zero attached hydrogens (tertiary/aromatic N) is 5. The Hall–Kier alpha value is -4.15. The molecule has 0 fully saturated rings. The summed E-state index contributed by atoms with van der Waals surface area (Å²) >= 11 is 0. The molecular formula is C21H23N7O4. The molecule has 32 heavy (non-hydrogen) atoms. The summed E-state index contributed by atoms with van der Waals surface area (Å²) in [6.07, 6.45) is 5.52. The molecule has 1 aliphatic heterocycles. The predicted octanol–water partition coefficient (Wildman–Crippen LogP) is 0.939. The highest BCUT2D eigenvalue weighted by Gasteiger charge is 2.18. The van der Waals surface area contributed by atoms with Gasteiger partial charge in [-0.2, -0.15) is 0 Å². The minimum Gasteiger partial charge on any atom is -0.454 e. The summed E-state index contributed by atoms with van der Waals surface area (Å²) in [5.74, 6) is 1.22. The molecule has 0 saturated carbocycles. The fourth-order valence-corrected chi connectivity index (χ4v) is 3.30. The van der Waals surface area contributed by atoms with Gasteiger partial charge in [0.15, 0.2) is 11.5 Å². The zero-order valence-electron chi connectivity index (χ0n) is 17.5. The molecule has 0 saturated heterocycles. The van der Waals surface area contributed by atoms with Crippen LogP contribution in [-0.2, 0) is 17.8 Å². The van der Waals surface area contributed by atoms with Crippen LogP contribution in [0.15, 0.2) is 43.0 Å². The standard InChI is InChI=1S/C21H23N7O4/c1-14-8-16(26-20(25-14)27-7-6-23-12-27)10-28(11-19(22)29)21(30)24-5-4-15-2-3-17-18(9-15)32-13-31-17/h2-3,6-9,12H,4-5,10-11,13H2,1H3,(H2,22,29)(H,24,30). The molecule has 4 rings (SSSR count). The van der Waals surface area contributed by atoms with Gasteiger partial charge in [0.2, 0.25) is 18.6 Å². The lowest BCUT2D eigenvalue weighted by molar-refractivity contribution is -0.118. The molecule has 1 aliphatic rings. The summed E-state index contributed by atoms with van der Waals surface area (Å²) in [7, 11) is 0. The summed E-state index contributed by atoms with van der Waals surface area (Å²) in [6, 6.07) is 6.99. The number of nitrogens with two attached hydrogens (primary N) is 1. The molecule has 0 bridgehead atoms. The summed E-state index contributed by atoms with van der Waals surface area (Å²) in [5.41, 5.74) is 7.66. The van der Waals surface area contributed by atoms with Crippen LogP contribution in [0.1, 0.15) is 17.0 Å². The van der Waals surface area contributed by atoms with Gasteiger partial charge in [-0.3, -0.25) is 9.36 Å². The SMILES string of the molecule is Cc1cc(CN(CC(N)=O)C(=O)NCCc2ccc3c(c2)OCO3)nc(-n2ccnc2)n1. The lowest BCUT2D eigenvalue weighted by atomic mass is 10.1. The average molecular weight is 437 g/mol. The van der Waals surface area contributed by atoms with Gasteiger partial charge in [-0.15, -0.1) is 0 Å². The van der Waals surface area contributed by atoms with Crippen molar-refractivity contribution in [3.63, 3.8) is 0 Å². The minimum absolute atomic E-state index is 0.101. The van der Waals surface area contributed by atoms with E-state index in [0.717, 1.165) is 11.3 Å². The van der Waals surface area contributed by atoms with Gasteiger partial charge >= 0.3 is 6.03 Å². The topological polar surface area (TPSA) is 137 Å². The maximum absolute atomic E-state index is 12.8. The Balaban J connectivity index is 1.40. The Kier molecular flexibility index (Phi) is 6.15. The molecule has 11 heteroatoms. The predicted molar refractivity (Wildman–Crippen MR) is 113 cm³/mol. The number of benzene rings is 1. The van der Waals surface area contributed by atoms with Crippen LogP contribution in [-0.4, -0.2) is 56.2 Å². The van der Waals surface area contributed by atoms with E-state index >= 15 is 0 Å². The van der Waals surface area contributed by atoms with Crippen molar-refractivity contribution in [1.82, 2.24) is 29.7 Å². The molecular weight excluding hydrogens is 414 g/mol. The smallest absolute Gasteiger partial charge is 0.318 e. The normalized spacial score (nSPS) is 11.9.